The van der Waals surface area contributed by atoms with Crippen molar-refractivity contribution in [1.82, 2.24) is 0 Å². The average molecular weight is 325 g/mol. The van der Waals surface area contributed by atoms with E-state index in [1.54, 1.807) is 16.4 Å². The van der Waals surface area contributed by atoms with E-state index < -0.39 is 16.1 Å². The Bertz CT molecular complexity index is 428. The number of hydrogen-bond acceptors (Lipinski definition) is 0. The largest absolute Gasteiger partial charge is 0.0802 e. The zero-order valence-electron chi connectivity index (χ0n) is 15.0. The summed E-state index contributed by atoms with van der Waals surface area (Å²) in [6, 6.07) is 4.79. The van der Waals surface area contributed by atoms with E-state index in [2.05, 4.69) is 72.2 Å². The molecule has 0 saturated heterocycles. The minimum Gasteiger partial charge on any atom is -0.0802 e. The molecule has 0 atom stereocenters. The maximum absolute atomic E-state index is 2.53. The van der Waals surface area contributed by atoms with Gasteiger partial charge in [-0.25, -0.2) is 0 Å². The van der Waals surface area contributed by atoms with Gasteiger partial charge in [-0.15, -0.1) is 0 Å². The highest BCUT2D eigenvalue weighted by molar-refractivity contribution is 7.70. The Hall–Kier alpha value is 0.0838. The van der Waals surface area contributed by atoms with E-state index in [1.165, 1.54) is 17.1 Å². The monoisotopic (exact) mass is 324 g/mol. The minimum absolute atomic E-state index is 0.0375. The lowest BCUT2D eigenvalue weighted by Crippen LogP contribution is -2.35. The van der Waals surface area contributed by atoms with Crippen LogP contribution in [0.1, 0.15) is 16.7 Å². The number of benzene rings is 1. The van der Waals surface area contributed by atoms with Gasteiger partial charge in [-0.2, -0.15) is 0 Å². The Labute approximate surface area is 130 Å². The van der Waals surface area contributed by atoms with Gasteiger partial charge < -0.3 is 0 Å². The Morgan fingerprint density at radius 3 is 1.40 bits per heavy atom. The van der Waals surface area contributed by atoms with Gasteiger partial charge in [-0.3, -0.25) is 0 Å². The van der Waals surface area contributed by atoms with Crippen LogP contribution < -0.4 is 5.30 Å². The van der Waals surface area contributed by atoms with Gasteiger partial charge in [0.25, 0.3) is 0 Å². The van der Waals surface area contributed by atoms with Crippen LogP contribution in [0.5, 0.6) is 0 Å². The summed E-state index contributed by atoms with van der Waals surface area (Å²) in [5.41, 5.74) is 4.51. The predicted molar refractivity (Wildman–Crippen MR) is 104 cm³/mol. The van der Waals surface area contributed by atoms with Crippen LogP contribution in [0.15, 0.2) is 12.1 Å². The van der Waals surface area contributed by atoms with Crippen molar-refractivity contribution in [2.75, 3.05) is 11.6 Å². The SMILES string of the molecule is Cc1cc(C)c(P(C[Si](C)(C)C)C[Si](C)(C)C)c(C)c1. The molecule has 114 valence electrons. The summed E-state index contributed by atoms with van der Waals surface area (Å²) >= 11 is 0. The Morgan fingerprint density at radius 1 is 0.750 bits per heavy atom. The second-order valence-electron chi connectivity index (χ2n) is 8.72. The van der Waals surface area contributed by atoms with Crippen molar-refractivity contribution in [2.45, 2.75) is 60.1 Å². The van der Waals surface area contributed by atoms with Gasteiger partial charge in [-0.05, 0) is 48.8 Å². The van der Waals surface area contributed by atoms with Gasteiger partial charge in [0.1, 0.15) is 0 Å². The number of aryl methyl sites for hydroxylation is 3. The van der Waals surface area contributed by atoms with Crippen LogP contribution in [0.3, 0.4) is 0 Å². The molecule has 0 bridgehead atoms. The summed E-state index contributed by atoms with van der Waals surface area (Å²) in [6.07, 6.45) is 0. The van der Waals surface area contributed by atoms with E-state index in [0.717, 1.165) is 0 Å². The lowest BCUT2D eigenvalue weighted by atomic mass is 10.1. The highest BCUT2D eigenvalue weighted by atomic mass is 31.1. The van der Waals surface area contributed by atoms with Crippen molar-refractivity contribution < 1.29 is 0 Å². The zero-order valence-corrected chi connectivity index (χ0v) is 17.9. The van der Waals surface area contributed by atoms with E-state index in [1.807, 2.05) is 0 Å². The first-order valence-corrected chi connectivity index (χ1v) is 16.8. The minimum atomic E-state index is -1.01. The lowest BCUT2D eigenvalue weighted by molar-refractivity contribution is 1.35. The van der Waals surface area contributed by atoms with Crippen LogP contribution in [0.2, 0.25) is 39.3 Å². The first kappa shape index (κ1) is 18.1. The molecule has 1 rings (SSSR count). The molecule has 0 heterocycles. The molecular formula is C17H33PSi2. The summed E-state index contributed by atoms with van der Waals surface area (Å²) in [5, 5.41) is 1.73. The normalized spacial score (nSPS) is 13.1. The molecule has 0 unspecified atom stereocenters. The highest BCUT2D eigenvalue weighted by Crippen LogP contribution is 2.42. The molecule has 0 spiro atoms. The molecule has 0 aliphatic heterocycles. The summed E-state index contributed by atoms with van der Waals surface area (Å²) in [7, 11) is -1.99. The van der Waals surface area contributed by atoms with Gasteiger partial charge in [0.2, 0.25) is 0 Å². The molecule has 0 radical (unpaired) electrons. The van der Waals surface area contributed by atoms with E-state index >= 15 is 0 Å². The van der Waals surface area contributed by atoms with Gasteiger partial charge in [0.15, 0.2) is 0 Å². The van der Waals surface area contributed by atoms with E-state index in [9.17, 15) is 0 Å². The maximum Gasteiger partial charge on any atom is 0.0489 e. The summed E-state index contributed by atoms with van der Waals surface area (Å²) in [6.45, 7) is 22.1. The zero-order chi connectivity index (χ0) is 15.7. The van der Waals surface area contributed by atoms with Crippen molar-refractivity contribution in [3.63, 3.8) is 0 Å². The standard InChI is InChI=1S/C17H33PSi2/c1-14-10-15(2)17(16(3)11-14)18(12-19(4,5)6)13-20(7,8)9/h10-11H,12-13H2,1-9H3. The first-order valence-electron chi connectivity index (χ1n) is 7.72. The van der Waals surface area contributed by atoms with Crippen molar-refractivity contribution in [1.29, 1.82) is 0 Å². The second-order valence-corrected chi connectivity index (χ2v) is 23.0. The maximum atomic E-state index is 2.53. The van der Waals surface area contributed by atoms with Gasteiger partial charge in [0, 0.05) is 16.1 Å². The fraction of sp³-hybridized carbons (Fsp3) is 0.647. The first-order chi connectivity index (χ1) is 8.89. The molecule has 3 heteroatoms. The van der Waals surface area contributed by atoms with Crippen LogP contribution >= 0.6 is 7.92 Å². The summed E-state index contributed by atoms with van der Waals surface area (Å²) in [4.78, 5) is 0. The molecule has 0 amide bonds. The van der Waals surface area contributed by atoms with Crippen LogP contribution in [-0.2, 0) is 0 Å². The molecule has 0 fully saturated rings. The highest BCUT2D eigenvalue weighted by Gasteiger charge is 2.28. The number of hydrogen-bond donors (Lipinski definition) is 0. The van der Waals surface area contributed by atoms with Crippen molar-refractivity contribution >= 4 is 29.4 Å². The molecule has 1 aromatic rings. The Morgan fingerprint density at radius 2 is 1.10 bits per heavy atom. The topological polar surface area (TPSA) is 0 Å². The van der Waals surface area contributed by atoms with Crippen molar-refractivity contribution in [3.05, 3.63) is 28.8 Å². The second kappa shape index (κ2) is 6.46. The molecule has 20 heavy (non-hydrogen) atoms. The smallest absolute Gasteiger partial charge is 0.0489 e. The quantitative estimate of drug-likeness (QED) is 0.497. The van der Waals surface area contributed by atoms with Gasteiger partial charge in [0.05, 0.1) is 0 Å². The summed E-state index contributed by atoms with van der Waals surface area (Å²) in [5.74, 6) is 2.99. The molecule has 0 aromatic heterocycles. The molecular weight excluding hydrogens is 291 g/mol. The van der Waals surface area contributed by atoms with Crippen LogP contribution in [0.25, 0.3) is 0 Å². The lowest BCUT2D eigenvalue weighted by Gasteiger charge is -2.32. The van der Waals surface area contributed by atoms with Gasteiger partial charge in [-0.1, -0.05) is 64.9 Å². The third kappa shape index (κ3) is 5.83. The molecule has 0 aliphatic carbocycles. The fourth-order valence-corrected chi connectivity index (χ4v) is 16.0. The summed E-state index contributed by atoms with van der Waals surface area (Å²) < 4.78 is 0. The molecule has 0 saturated carbocycles. The predicted octanol–water partition coefficient (Wildman–Crippen LogP) is 5.47. The Balaban J connectivity index is 3.23. The van der Waals surface area contributed by atoms with Crippen LogP contribution in [0.4, 0.5) is 0 Å². The Kier molecular flexibility index (Phi) is 5.86. The van der Waals surface area contributed by atoms with Gasteiger partial charge >= 0.3 is 0 Å². The molecule has 0 nitrogen and oxygen atoms in total. The molecule has 1 aromatic carbocycles. The van der Waals surface area contributed by atoms with Crippen LogP contribution in [0, 0.1) is 20.8 Å². The van der Waals surface area contributed by atoms with E-state index in [4.69, 9.17) is 0 Å². The van der Waals surface area contributed by atoms with Crippen LogP contribution in [-0.4, -0.2) is 27.7 Å². The van der Waals surface area contributed by atoms with Crippen molar-refractivity contribution in [2.24, 2.45) is 0 Å². The molecule has 0 aliphatic rings. The van der Waals surface area contributed by atoms with E-state index in [0.29, 0.717) is 0 Å². The van der Waals surface area contributed by atoms with Crippen molar-refractivity contribution in [3.8, 4) is 0 Å². The molecule has 0 N–H and O–H groups in total. The third-order valence-electron chi connectivity index (χ3n) is 3.28. The van der Waals surface area contributed by atoms with E-state index in [-0.39, 0.29) is 7.92 Å². The number of rotatable bonds is 5. The fourth-order valence-electron chi connectivity index (χ4n) is 3.03. The third-order valence-corrected chi connectivity index (χ3v) is 15.3. The average Bonchev–Trinajstić information content (AvgIpc) is 2.08.